The molecular weight excluding hydrogens is 266 g/mol. The van der Waals surface area contributed by atoms with Crippen molar-refractivity contribution in [2.45, 2.75) is 26.4 Å². The Bertz CT molecular complexity index is 346. The Hall–Kier alpha value is -1.83. The van der Waals surface area contributed by atoms with Crippen LogP contribution in [-0.2, 0) is 9.59 Å². The van der Waals surface area contributed by atoms with Crippen molar-refractivity contribution in [2.24, 2.45) is 5.92 Å². The number of hydrogen-bond acceptors (Lipinski definition) is 4. The van der Waals surface area contributed by atoms with Gasteiger partial charge in [0.05, 0.1) is 0 Å². The first-order chi connectivity index (χ1) is 9.23. The van der Waals surface area contributed by atoms with Crippen molar-refractivity contribution in [2.75, 3.05) is 26.7 Å². The molecule has 4 N–H and O–H groups in total. The van der Waals surface area contributed by atoms with Crippen LogP contribution >= 0.6 is 0 Å². The van der Waals surface area contributed by atoms with E-state index in [2.05, 4.69) is 10.6 Å². The molecule has 8 nitrogen and oxygen atoms in total. The third kappa shape index (κ3) is 8.30. The van der Waals surface area contributed by atoms with E-state index in [0.717, 1.165) is 0 Å². The molecule has 0 rings (SSSR count). The lowest BCUT2D eigenvalue weighted by Crippen LogP contribution is -2.44. The van der Waals surface area contributed by atoms with Gasteiger partial charge in [-0.3, -0.25) is 4.79 Å². The van der Waals surface area contributed by atoms with Gasteiger partial charge in [-0.15, -0.1) is 0 Å². The predicted molar refractivity (Wildman–Crippen MR) is 72.1 cm³/mol. The lowest BCUT2D eigenvalue weighted by atomic mass is 10.2. The molecule has 20 heavy (non-hydrogen) atoms. The minimum absolute atomic E-state index is 0.0181. The minimum atomic E-state index is -1.50. The molecule has 0 aliphatic heterocycles. The van der Waals surface area contributed by atoms with Crippen molar-refractivity contribution in [1.82, 2.24) is 15.5 Å². The summed E-state index contributed by atoms with van der Waals surface area (Å²) >= 11 is 0. The molecule has 0 unspecified atom stereocenters. The first-order valence-electron chi connectivity index (χ1n) is 6.40. The molecule has 3 amide bonds. The Morgan fingerprint density at radius 2 is 1.80 bits per heavy atom. The number of likely N-dealkylation sites (N-methyl/N-ethyl adjacent to an activating group) is 1. The van der Waals surface area contributed by atoms with Gasteiger partial charge in [0.25, 0.3) is 0 Å². The highest BCUT2D eigenvalue weighted by Crippen LogP contribution is 1.92. The van der Waals surface area contributed by atoms with Gasteiger partial charge in [-0.05, 0) is 5.92 Å². The van der Waals surface area contributed by atoms with Gasteiger partial charge in [0, 0.05) is 26.6 Å². The summed E-state index contributed by atoms with van der Waals surface area (Å²) in [5.74, 6) is -1.27. The Morgan fingerprint density at radius 1 is 1.20 bits per heavy atom. The minimum Gasteiger partial charge on any atom is -0.479 e. The van der Waals surface area contributed by atoms with Crippen molar-refractivity contribution < 1.29 is 24.6 Å². The van der Waals surface area contributed by atoms with E-state index in [1.165, 1.54) is 11.9 Å². The molecule has 1 atom stereocenters. The third-order valence-corrected chi connectivity index (χ3v) is 2.41. The molecule has 116 valence electrons. The molecule has 0 bridgehead atoms. The number of hydrogen-bond donors (Lipinski definition) is 4. The fourth-order valence-corrected chi connectivity index (χ4v) is 1.24. The monoisotopic (exact) mass is 289 g/mol. The Labute approximate surface area is 118 Å². The second-order valence-corrected chi connectivity index (χ2v) is 4.93. The molecule has 0 spiro atoms. The van der Waals surface area contributed by atoms with E-state index in [0.29, 0.717) is 12.5 Å². The van der Waals surface area contributed by atoms with Crippen molar-refractivity contribution in [3.8, 4) is 0 Å². The summed E-state index contributed by atoms with van der Waals surface area (Å²) in [6, 6.07) is -0.498. The van der Waals surface area contributed by atoms with Crippen LogP contribution in [-0.4, -0.2) is 65.8 Å². The number of nitrogens with zero attached hydrogens (tertiary/aromatic N) is 1. The van der Waals surface area contributed by atoms with Crippen molar-refractivity contribution in [1.29, 1.82) is 0 Å². The van der Waals surface area contributed by atoms with Gasteiger partial charge in [-0.25, -0.2) is 9.59 Å². The van der Waals surface area contributed by atoms with E-state index in [1.54, 1.807) is 0 Å². The van der Waals surface area contributed by atoms with E-state index in [9.17, 15) is 14.4 Å². The van der Waals surface area contributed by atoms with Crippen LogP contribution in [0.25, 0.3) is 0 Å². The number of carboxylic acid groups (broad SMARTS) is 1. The zero-order valence-electron chi connectivity index (χ0n) is 12.0. The number of urea groups is 1. The number of rotatable bonds is 8. The number of amides is 3. The quantitative estimate of drug-likeness (QED) is 0.468. The molecule has 0 radical (unpaired) electrons. The number of carbonyl (C=O) groups is 3. The van der Waals surface area contributed by atoms with Crippen molar-refractivity contribution >= 4 is 17.9 Å². The normalized spacial score (nSPS) is 11.8. The van der Waals surface area contributed by atoms with E-state index >= 15 is 0 Å². The second kappa shape index (κ2) is 9.13. The summed E-state index contributed by atoms with van der Waals surface area (Å²) in [5.41, 5.74) is 0. The van der Waals surface area contributed by atoms with Gasteiger partial charge < -0.3 is 25.7 Å². The van der Waals surface area contributed by atoms with Crippen LogP contribution in [0.3, 0.4) is 0 Å². The first-order valence-corrected chi connectivity index (χ1v) is 6.40. The maximum Gasteiger partial charge on any atom is 0.332 e. The predicted octanol–water partition coefficient (Wildman–Crippen LogP) is -0.764. The molecule has 0 aromatic rings. The van der Waals surface area contributed by atoms with Crippen LogP contribution in [0.2, 0.25) is 0 Å². The standard InChI is InChI=1S/C12H23N3O5/c1-8(2)6-14-10(17)7-15(3)12(20)13-5-4-9(16)11(18)19/h8-9,16H,4-7H2,1-3H3,(H,13,20)(H,14,17)(H,18,19)/t9-/m0/s1. The molecule has 8 heteroatoms. The van der Waals surface area contributed by atoms with Crippen LogP contribution in [0.5, 0.6) is 0 Å². The number of aliphatic hydroxyl groups excluding tert-OH is 1. The highest BCUT2D eigenvalue weighted by molar-refractivity contribution is 5.83. The van der Waals surface area contributed by atoms with E-state index in [-0.39, 0.29) is 25.4 Å². The van der Waals surface area contributed by atoms with Crippen LogP contribution in [0.4, 0.5) is 4.79 Å². The summed E-state index contributed by atoms with van der Waals surface area (Å²) in [6.07, 6.45) is -1.59. The largest absolute Gasteiger partial charge is 0.479 e. The van der Waals surface area contributed by atoms with Crippen LogP contribution in [0, 0.1) is 5.92 Å². The summed E-state index contributed by atoms with van der Waals surface area (Å²) in [7, 11) is 1.46. The average Bonchev–Trinajstić information content (AvgIpc) is 2.35. The molecule has 0 aliphatic rings. The lowest BCUT2D eigenvalue weighted by Gasteiger charge is -2.18. The van der Waals surface area contributed by atoms with Gasteiger partial charge in [-0.1, -0.05) is 13.8 Å². The molecule has 0 aromatic carbocycles. The van der Waals surface area contributed by atoms with Crippen molar-refractivity contribution in [3.63, 3.8) is 0 Å². The molecule has 0 saturated carbocycles. The highest BCUT2D eigenvalue weighted by Gasteiger charge is 2.15. The van der Waals surface area contributed by atoms with E-state index in [4.69, 9.17) is 10.2 Å². The zero-order valence-corrected chi connectivity index (χ0v) is 12.0. The van der Waals surface area contributed by atoms with Gasteiger partial charge in [0.2, 0.25) is 5.91 Å². The van der Waals surface area contributed by atoms with Crippen LogP contribution in [0.1, 0.15) is 20.3 Å². The Morgan fingerprint density at radius 3 is 2.30 bits per heavy atom. The van der Waals surface area contributed by atoms with Gasteiger partial charge in [0.15, 0.2) is 6.10 Å². The van der Waals surface area contributed by atoms with Gasteiger partial charge in [-0.2, -0.15) is 0 Å². The van der Waals surface area contributed by atoms with E-state index < -0.39 is 18.1 Å². The zero-order chi connectivity index (χ0) is 15.7. The molecule has 0 aromatic heterocycles. The highest BCUT2D eigenvalue weighted by atomic mass is 16.4. The molecule has 0 heterocycles. The Kier molecular flexibility index (Phi) is 8.30. The second-order valence-electron chi connectivity index (χ2n) is 4.93. The van der Waals surface area contributed by atoms with Gasteiger partial charge in [0.1, 0.15) is 6.54 Å². The van der Waals surface area contributed by atoms with Gasteiger partial charge >= 0.3 is 12.0 Å². The fourth-order valence-electron chi connectivity index (χ4n) is 1.24. The maximum absolute atomic E-state index is 11.6. The molecule has 0 fully saturated rings. The summed E-state index contributed by atoms with van der Waals surface area (Å²) in [6.45, 7) is 4.40. The summed E-state index contributed by atoms with van der Waals surface area (Å²) < 4.78 is 0. The van der Waals surface area contributed by atoms with Crippen molar-refractivity contribution in [3.05, 3.63) is 0 Å². The fraction of sp³-hybridized carbons (Fsp3) is 0.750. The smallest absolute Gasteiger partial charge is 0.332 e. The van der Waals surface area contributed by atoms with Crippen LogP contribution in [0.15, 0.2) is 0 Å². The molecule has 0 aliphatic carbocycles. The number of carboxylic acids is 1. The van der Waals surface area contributed by atoms with Crippen LogP contribution < -0.4 is 10.6 Å². The summed E-state index contributed by atoms with van der Waals surface area (Å²) in [5, 5.41) is 22.6. The average molecular weight is 289 g/mol. The third-order valence-electron chi connectivity index (χ3n) is 2.41. The number of carbonyl (C=O) groups excluding carboxylic acids is 2. The lowest BCUT2D eigenvalue weighted by molar-refractivity contribution is -0.146. The Balaban J connectivity index is 3.92. The van der Waals surface area contributed by atoms with E-state index in [1.807, 2.05) is 13.8 Å². The SMILES string of the molecule is CC(C)CNC(=O)CN(C)C(=O)NCC[C@H](O)C(=O)O. The summed E-state index contributed by atoms with van der Waals surface area (Å²) in [4.78, 5) is 34.6. The topological polar surface area (TPSA) is 119 Å². The molecular formula is C12H23N3O5. The maximum atomic E-state index is 11.6. The molecule has 0 saturated heterocycles. The number of aliphatic hydroxyl groups is 1. The first kappa shape index (κ1) is 18.2. The number of nitrogens with one attached hydrogen (secondary N) is 2. The number of aliphatic carboxylic acids is 1.